The zero-order chi connectivity index (χ0) is 14.9. The van der Waals surface area contributed by atoms with E-state index in [4.69, 9.17) is 16.3 Å². The van der Waals surface area contributed by atoms with Crippen molar-refractivity contribution in [2.24, 2.45) is 0 Å². The lowest BCUT2D eigenvalue weighted by molar-refractivity contribution is 0.219. The molecule has 106 valence electrons. The Balaban J connectivity index is 2.46. The van der Waals surface area contributed by atoms with Crippen LogP contribution in [-0.2, 0) is 0 Å². The molecule has 0 bridgehead atoms. The zero-order valence-corrected chi connectivity index (χ0v) is 11.1. The topological polar surface area (TPSA) is 29.5 Å². The van der Waals surface area contributed by atoms with Gasteiger partial charge in [-0.15, -0.1) is 0 Å². The summed E-state index contributed by atoms with van der Waals surface area (Å²) in [6.45, 7) is 0. The Hall–Kier alpha value is -1.72. The maximum Gasteiger partial charge on any atom is 0.165 e. The molecule has 0 fully saturated rings. The lowest BCUT2D eigenvalue weighted by Crippen LogP contribution is -2.03. The van der Waals surface area contributed by atoms with Crippen LogP contribution < -0.4 is 4.74 Å². The van der Waals surface area contributed by atoms with Gasteiger partial charge < -0.3 is 9.84 Å². The second kappa shape index (κ2) is 5.73. The van der Waals surface area contributed by atoms with Gasteiger partial charge in [-0.3, -0.25) is 0 Å². The number of rotatable bonds is 3. The quantitative estimate of drug-likeness (QED) is 0.873. The molecular weight excluding hydrogens is 293 g/mol. The summed E-state index contributed by atoms with van der Waals surface area (Å²) in [5.41, 5.74) is 0.232. The number of aliphatic hydroxyl groups is 1. The Labute approximate surface area is 118 Å². The highest BCUT2D eigenvalue weighted by molar-refractivity contribution is 6.31. The lowest BCUT2D eigenvalue weighted by atomic mass is 10.0. The molecule has 0 aliphatic heterocycles. The number of ether oxygens (including phenoxy) is 1. The minimum atomic E-state index is -1.33. The lowest BCUT2D eigenvalue weighted by Gasteiger charge is -2.14. The number of methoxy groups -OCH3 is 1. The smallest absolute Gasteiger partial charge is 0.165 e. The third-order valence-corrected chi connectivity index (χ3v) is 3.15. The molecule has 0 aliphatic rings. The fourth-order valence-corrected chi connectivity index (χ4v) is 2.03. The number of halogens is 4. The van der Waals surface area contributed by atoms with Crippen LogP contribution in [0.3, 0.4) is 0 Å². The summed E-state index contributed by atoms with van der Waals surface area (Å²) in [5.74, 6) is -2.90. The largest absolute Gasteiger partial charge is 0.494 e. The molecule has 1 N–H and O–H groups in total. The van der Waals surface area contributed by atoms with Crippen molar-refractivity contribution in [2.75, 3.05) is 7.11 Å². The molecular formula is C14H10ClF3O2. The number of aliphatic hydroxyl groups excluding tert-OH is 1. The van der Waals surface area contributed by atoms with Crippen LogP contribution in [0.25, 0.3) is 0 Å². The number of benzene rings is 2. The van der Waals surface area contributed by atoms with Crippen LogP contribution >= 0.6 is 11.6 Å². The van der Waals surface area contributed by atoms with Crippen molar-refractivity contribution in [3.05, 3.63) is 63.9 Å². The van der Waals surface area contributed by atoms with Gasteiger partial charge in [0.25, 0.3) is 0 Å². The third kappa shape index (κ3) is 2.73. The molecule has 2 rings (SSSR count). The van der Waals surface area contributed by atoms with Crippen LogP contribution in [0.5, 0.6) is 5.75 Å². The zero-order valence-electron chi connectivity index (χ0n) is 10.3. The van der Waals surface area contributed by atoms with Crippen molar-refractivity contribution >= 4 is 11.6 Å². The summed E-state index contributed by atoms with van der Waals surface area (Å²) < 4.78 is 44.3. The van der Waals surface area contributed by atoms with E-state index in [1.165, 1.54) is 19.2 Å². The summed E-state index contributed by atoms with van der Waals surface area (Å²) >= 11 is 5.78. The minimum Gasteiger partial charge on any atom is -0.494 e. The Bertz CT molecular complexity index is 647. The first kappa shape index (κ1) is 14.7. The molecule has 1 atom stereocenters. The van der Waals surface area contributed by atoms with Crippen molar-refractivity contribution in [1.82, 2.24) is 0 Å². The Morgan fingerprint density at radius 1 is 1.05 bits per heavy atom. The predicted molar refractivity (Wildman–Crippen MR) is 68.4 cm³/mol. The molecule has 2 nitrogen and oxygen atoms in total. The first-order valence-electron chi connectivity index (χ1n) is 5.60. The highest BCUT2D eigenvalue weighted by Gasteiger charge is 2.18. The molecule has 0 aliphatic carbocycles. The van der Waals surface area contributed by atoms with E-state index in [9.17, 15) is 18.3 Å². The maximum absolute atomic E-state index is 13.3. The van der Waals surface area contributed by atoms with Crippen LogP contribution in [0.15, 0.2) is 30.3 Å². The molecule has 20 heavy (non-hydrogen) atoms. The van der Waals surface area contributed by atoms with Gasteiger partial charge >= 0.3 is 0 Å². The molecule has 6 heteroatoms. The first-order chi connectivity index (χ1) is 9.43. The normalized spacial score (nSPS) is 12.3. The van der Waals surface area contributed by atoms with Crippen molar-refractivity contribution in [1.29, 1.82) is 0 Å². The average Bonchev–Trinajstić information content (AvgIpc) is 2.42. The van der Waals surface area contributed by atoms with Crippen molar-refractivity contribution in [3.8, 4) is 5.75 Å². The molecule has 0 heterocycles. The Morgan fingerprint density at radius 3 is 2.35 bits per heavy atom. The minimum absolute atomic E-state index is 0.0146. The van der Waals surface area contributed by atoms with Gasteiger partial charge in [-0.2, -0.15) is 0 Å². The fourth-order valence-electron chi connectivity index (χ4n) is 1.77. The molecule has 2 aromatic carbocycles. The van der Waals surface area contributed by atoms with Gasteiger partial charge in [-0.25, -0.2) is 13.2 Å². The van der Waals surface area contributed by atoms with E-state index in [1.54, 1.807) is 0 Å². The van der Waals surface area contributed by atoms with Crippen molar-refractivity contribution in [3.63, 3.8) is 0 Å². The Kier molecular flexibility index (Phi) is 4.20. The molecule has 2 aromatic rings. The second-order valence-corrected chi connectivity index (χ2v) is 4.49. The van der Waals surface area contributed by atoms with E-state index < -0.39 is 23.6 Å². The fraction of sp³-hybridized carbons (Fsp3) is 0.143. The van der Waals surface area contributed by atoms with Crippen LogP contribution in [0.2, 0.25) is 5.02 Å². The van der Waals surface area contributed by atoms with Gasteiger partial charge in [-0.1, -0.05) is 17.7 Å². The Morgan fingerprint density at radius 2 is 1.70 bits per heavy atom. The van der Waals surface area contributed by atoms with Gasteiger partial charge in [0.05, 0.1) is 7.11 Å². The first-order valence-corrected chi connectivity index (χ1v) is 5.97. The van der Waals surface area contributed by atoms with Crippen molar-refractivity contribution in [2.45, 2.75) is 6.10 Å². The number of hydrogen-bond acceptors (Lipinski definition) is 2. The van der Waals surface area contributed by atoms with E-state index in [-0.39, 0.29) is 21.9 Å². The molecule has 0 radical (unpaired) electrons. The molecule has 0 saturated carbocycles. The van der Waals surface area contributed by atoms with Gasteiger partial charge in [0.15, 0.2) is 23.2 Å². The van der Waals surface area contributed by atoms with Crippen LogP contribution in [0.1, 0.15) is 17.2 Å². The van der Waals surface area contributed by atoms with Gasteiger partial charge in [0, 0.05) is 10.6 Å². The summed E-state index contributed by atoms with van der Waals surface area (Å²) in [5, 5.41) is 10.0. The molecule has 0 spiro atoms. The highest BCUT2D eigenvalue weighted by atomic mass is 35.5. The SMILES string of the molecule is COc1cc(C(O)c2cc(F)c(F)cc2Cl)ccc1F. The summed E-state index contributed by atoms with van der Waals surface area (Å²) in [4.78, 5) is 0. The van der Waals surface area contributed by atoms with E-state index in [0.29, 0.717) is 0 Å². The second-order valence-electron chi connectivity index (χ2n) is 4.08. The summed E-state index contributed by atoms with van der Waals surface area (Å²) in [6.07, 6.45) is -1.33. The number of hydrogen-bond donors (Lipinski definition) is 1. The van der Waals surface area contributed by atoms with Gasteiger partial charge in [-0.05, 0) is 29.8 Å². The summed E-state index contributed by atoms with van der Waals surface area (Å²) in [6, 6.07) is 5.25. The van der Waals surface area contributed by atoms with E-state index >= 15 is 0 Å². The predicted octanol–water partition coefficient (Wildman–Crippen LogP) is 3.85. The standard InChI is InChI=1S/C14H10ClF3O2/c1-20-13-4-7(2-3-10(13)16)14(19)8-5-11(17)12(18)6-9(8)15/h2-6,14,19H,1H3. The monoisotopic (exact) mass is 302 g/mol. The van der Waals surface area contributed by atoms with Crippen LogP contribution in [0, 0.1) is 17.5 Å². The average molecular weight is 303 g/mol. The molecule has 0 saturated heterocycles. The van der Waals surface area contributed by atoms with Crippen molar-refractivity contribution < 1.29 is 23.0 Å². The van der Waals surface area contributed by atoms with E-state index in [1.807, 2.05) is 0 Å². The van der Waals surface area contributed by atoms with Crippen LogP contribution in [-0.4, -0.2) is 12.2 Å². The molecule has 0 aromatic heterocycles. The highest BCUT2D eigenvalue weighted by Crippen LogP contribution is 2.32. The van der Waals surface area contributed by atoms with E-state index in [0.717, 1.165) is 18.2 Å². The van der Waals surface area contributed by atoms with Gasteiger partial charge in [0.2, 0.25) is 0 Å². The van der Waals surface area contributed by atoms with Gasteiger partial charge in [0.1, 0.15) is 6.10 Å². The maximum atomic E-state index is 13.3. The molecule has 1 unspecified atom stereocenters. The molecule has 0 amide bonds. The summed E-state index contributed by atoms with van der Waals surface area (Å²) in [7, 11) is 1.28. The van der Waals surface area contributed by atoms with Crippen LogP contribution in [0.4, 0.5) is 13.2 Å². The van der Waals surface area contributed by atoms with E-state index in [2.05, 4.69) is 0 Å². The third-order valence-electron chi connectivity index (χ3n) is 2.83.